The topological polar surface area (TPSA) is 89.5 Å². The van der Waals surface area contributed by atoms with E-state index in [1.165, 1.54) is 18.1 Å². The zero-order valence-corrected chi connectivity index (χ0v) is 17.6. The van der Waals surface area contributed by atoms with Crippen molar-refractivity contribution in [2.75, 3.05) is 44.1 Å². The zero-order chi connectivity index (χ0) is 20.1. The van der Waals surface area contributed by atoms with Crippen LogP contribution in [0.4, 0.5) is 5.13 Å². The summed E-state index contributed by atoms with van der Waals surface area (Å²) in [6, 6.07) is 7.64. The average Bonchev–Trinajstić information content (AvgIpc) is 3.22. The van der Waals surface area contributed by atoms with E-state index in [1.807, 2.05) is 24.3 Å². The van der Waals surface area contributed by atoms with E-state index in [-0.39, 0.29) is 11.7 Å². The minimum atomic E-state index is -0.0532. The average molecular weight is 432 g/mol. The van der Waals surface area contributed by atoms with Gasteiger partial charge in [0.25, 0.3) is 0 Å². The quantitative estimate of drug-likeness (QED) is 0.450. The molecule has 0 unspecified atom stereocenters. The van der Waals surface area contributed by atoms with Crippen LogP contribution in [-0.2, 0) is 16.1 Å². The number of morpholine rings is 1. The molecule has 0 radical (unpaired) electrons. The van der Waals surface area contributed by atoms with Crippen molar-refractivity contribution in [2.45, 2.75) is 11.6 Å². The first-order valence-corrected chi connectivity index (χ1v) is 11.0. The second-order valence-electron chi connectivity index (χ2n) is 6.34. The minimum Gasteiger partial charge on any atom is -0.497 e. The number of nitrogens with one attached hydrogen (secondary N) is 1. The maximum absolute atomic E-state index is 12.3. The van der Waals surface area contributed by atoms with Gasteiger partial charge in [-0.05, 0) is 17.7 Å². The number of anilines is 1. The molecule has 10 heteroatoms. The number of carbonyl (C=O) groups excluding carboxylic acids is 1. The lowest BCUT2D eigenvalue weighted by Gasteiger charge is -2.25. The molecule has 1 N–H and O–H groups in total. The number of hydrogen-bond acceptors (Lipinski definition) is 9. The van der Waals surface area contributed by atoms with Crippen LogP contribution >= 0.6 is 23.1 Å². The van der Waals surface area contributed by atoms with Crippen molar-refractivity contribution in [3.05, 3.63) is 36.2 Å². The fourth-order valence-corrected chi connectivity index (χ4v) is 4.85. The van der Waals surface area contributed by atoms with Crippen LogP contribution in [0.5, 0.6) is 5.75 Å². The number of benzene rings is 1. The molecule has 0 spiro atoms. The number of methoxy groups -OCH3 is 1. The molecule has 0 bridgehead atoms. The largest absolute Gasteiger partial charge is 0.497 e. The van der Waals surface area contributed by atoms with Crippen molar-refractivity contribution < 1.29 is 14.3 Å². The molecule has 1 saturated heterocycles. The van der Waals surface area contributed by atoms with Gasteiger partial charge in [-0.25, -0.2) is 9.97 Å². The van der Waals surface area contributed by atoms with Gasteiger partial charge in [0.1, 0.15) is 21.8 Å². The number of aromatic nitrogens is 3. The first kappa shape index (κ1) is 19.9. The van der Waals surface area contributed by atoms with Crippen molar-refractivity contribution in [3.8, 4) is 5.75 Å². The molecule has 1 aliphatic rings. The molecule has 8 nitrogen and oxygen atoms in total. The Kier molecular flexibility index (Phi) is 6.43. The minimum absolute atomic E-state index is 0.0532. The fraction of sp³-hybridized carbons (Fsp3) is 0.368. The zero-order valence-electron chi connectivity index (χ0n) is 16.0. The SMILES string of the molecule is COc1cccc(CNC(=O)CSc2ncnc3nc(N4CCOCC4)sc23)c1. The fourth-order valence-electron chi connectivity index (χ4n) is 2.88. The van der Waals surface area contributed by atoms with E-state index >= 15 is 0 Å². The monoisotopic (exact) mass is 431 g/mol. The molecule has 29 heavy (non-hydrogen) atoms. The molecule has 3 heterocycles. The van der Waals surface area contributed by atoms with Gasteiger partial charge in [0.2, 0.25) is 5.91 Å². The lowest BCUT2D eigenvalue weighted by molar-refractivity contribution is -0.118. The van der Waals surface area contributed by atoms with E-state index in [9.17, 15) is 4.79 Å². The second kappa shape index (κ2) is 9.38. The number of thiazole rings is 1. The van der Waals surface area contributed by atoms with E-state index in [1.54, 1.807) is 18.4 Å². The van der Waals surface area contributed by atoms with Gasteiger partial charge < -0.3 is 19.7 Å². The molecule has 3 aromatic rings. The molecule has 1 aromatic carbocycles. The highest BCUT2D eigenvalue weighted by Gasteiger charge is 2.18. The highest BCUT2D eigenvalue weighted by molar-refractivity contribution is 8.00. The summed E-state index contributed by atoms with van der Waals surface area (Å²) in [5, 5.41) is 4.64. The number of rotatable bonds is 7. The van der Waals surface area contributed by atoms with Crippen LogP contribution in [0.25, 0.3) is 10.3 Å². The molecule has 2 aromatic heterocycles. The van der Waals surface area contributed by atoms with E-state index in [0.29, 0.717) is 25.4 Å². The molecule has 0 aliphatic carbocycles. The van der Waals surface area contributed by atoms with Crippen LogP contribution in [0.2, 0.25) is 0 Å². The Bertz CT molecular complexity index is 991. The molecular weight excluding hydrogens is 410 g/mol. The van der Waals surface area contributed by atoms with Crippen LogP contribution in [0.3, 0.4) is 0 Å². The summed E-state index contributed by atoms with van der Waals surface area (Å²) < 4.78 is 11.5. The Balaban J connectivity index is 1.37. The number of thioether (sulfide) groups is 1. The molecule has 1 fully saturated rings. The maximum Gasteiger partial charge on any atom is 0.230 e. The van der Waals surface area contributed by atoms with Crippen molar-refractivity contribution in [1.82, 2.24) is 20.3 Å². The molecular formula is C19H21N5O3S2. The summed E-state index contributed by atoms with van der Waals surface area (Å²) in [5.41, 5.74) is 1.66. The van der Waals surface area contributed by atoms with E-state index in [2.05, 4.69) is 25.2 Å². The molecule has 4 rings (SSSR count). The molecule has 1 aliphatic heterocycles. The predicted octanol–water partition coefficient (Wildman–Crippen LogP) is 2.34. The number of nitrogens with zero attached hydrogens (tertiary/aromatic N) is 4. The first-order valence-electron chi connectivity index (χ1n) is 9.19. The molecule has 152 valence electrons. The van der Waals surface area contributed by atoms with Gasteiger partial charge in [-0.1, -0.05) is 35.2 Å². The third-order valence-electron chi connectivity index (χ3n) is 4.39. The molecule has 0 atom stereocenters. The van der Waals surface area contributed by atoms with E-state index < -0.39 is 0 Å². The highest BCUT2D eigenvalue weighted by Crippen LogP contribution is 2.33. The standard InChI is InChI=1S/C19H21N5O3S2/c1-26-14-4-2-3-13(9-14)10-20-15(25)11-28-18-16-17(21-12-22-18)23-19(29-16)24-5-7-27-8-6-24/h2-4,9,12H,5-8,10-11H2,1H3,(H,20,25). The predicted molar refractivity (Wildman–Crippen MR) is 114 cm³/mol. The Morgan fingerprint density at radius 1 is 1.34 bits per heavy atom. The number of amides is 1. The van der Waals surface area contributed by atoms with Gasteiger partial charge in [-0.2, -0.15) is 4.98 Å². The summed E-state index contributed by atoms with van der Waals surface area (Å²) >= 11 is 2.96. The third-order valence-corrected chi connectivity index (χ3v) is 6.62. The Morgan fingerprint density at radius 3 is 3.03 bits per heavy atom. The molecule has 1 amide bonds. The van der Waals surface area contributed by atoms with Crippen LogP contribution in [-0.4, -0.2) is 60.0 Å². The third kappa shape index (κ3) is 4.95. The number of fused-ring (bicyclic) bond motifs is 1. The summed E-state index contributed by atoms with van der Waals surface area (Å²) in [5.74, 6) is 0.999. The Morgan fingerprint density at radius 2 is 2.21 bits per heavy atom. The first-order chi connectivity index (χ1) is 14.2. The summed E-state index contributed by atoms with van der Waals surface area (Å²) in [7, 11) is 1.63. The summed E-state index contributed by atoms with van der Waals surface area (Å²) in [6.07, 6.45) is 1.50. The van der Waals surface area contributed by atoms with E-state index in [4.69, 9.17) is 9.47 Å². The van der Waals surface area contributed by atoms with Gasteiger partial charge >= 0.3 is 0 Å². The van der Waals surface area contributed by atoms with Crippen LogP contribution in [0.15, 0.2) is 35.6 Å². The van der Waals surface area contributed by atoms with Crippen LogP contribution in [0.1, 0.15) is 5.56 Å². The number of ether oxygens (including phenoxy) is 2. The second-order valence-corrected chi connectivity index (χ2v) is 8.29. The number of carbonyl (C=O) groups is 1. The van der Waals surface area contributed by atoms with Crippen molar-refractivity contribution >= 4 is 44.5 Å². The Hall–Kier alpha value is -2.43. The lowest BCUT2D eigenvalue weighted by Crippen LogP contribution is -2.36. The Labute approximate surface area is 176 Å². The van der Waals surface area contributed by atoms with Crippen LogP contribution in [0, 0.1) is 0 Å². The van der Waals surface area contributed by atoms with Gasteiger partial charge in [0.15, 0.2) is 10.8 Å². The summed E-state index contributed by atoms with van der Waals surface area (Å²) in [4.78, 5) is 27.8. The lowest BCUT2D eigenvalue weighted by atomic mass is 10.2. The normalized spacial score (nSPS) is 14.2. The van der Waals surface area contributed by atoms with Crippen molar-refractivity contribution in [2.24, 2.45) is 0 Å². The van der Waals surface area contributed by atoms with Crippen molar-refractivity contribution in [3.63, 3.8) is 0 Å². The van der Waals surface area contributed by atoms with Gasteiger partial charge in [0.05, 0.1) is 26.1 Å². The number of hydrogen-bond donors (Lipinski definition) is 1. The van der Waals surface area contributed by atoms with Crippen molar-refractivity contribution in [1.29, 1.82) is 0 Å². The van der Waals surface area contributed by atoms with Gasteiger partial charge in [-0.3, -0.25) is 4.79 Å². The maximum atomic E-state index is 12.3. The summed E-state index contributed by atoms with van der Waals surface area (Å²) in [6.45, 7) is 3.51. The van der Waals surface area contributed by atoms with Crippen LogP contribution < -0.4 is 15.0 Å². The smallest absolute Gasteiger partial charge is 0.230 e. The van der Waals surface area contributed by atoms with E-state index in [0.717, 1.165) is 39.3 Å². The van der Waals surface area contributed by atoms with Gasteiger partial charge in [-0.15, -0.1) is 0 Å². The van der Waals surface area contributed by atoms with Gasteiger partial charge in [0, 0.05) is 19.6 Å². The highest BCUT2D eigenvalue weighted by atomic mass is 32.2. The molecule has 0 saturated carbocycles.